The summed E-state index contributed by atoms with van der Waals surface area (Å²) in [5.74, 6) is 0.674. The maximum absolute atomic E-state index is 12.1. The Labute approximate surface area is 141 Å². The first-order valence-electron chi connectivity index (χ1n) is 9.11. The Bertz CT molecular complexity index is 468. The Balaban J connectivity index is 2.50. The maximum Gasteiger partial charge on any atom is 0.166 e. The van der Waals surface area contributed by atoms with E-state index < -0.39 is 0 Å². The highest BCUT2D eigenvalue weighted by Gasteiger charge is 2.13. The second-order valence-electron chi connectivity index (χ2n) is 6.34. The molecule has 0 saturated heterocycles. The number of carbonyl (C=O) groups excluding carboxylic acids is 1. The van der Waals surface area contributed by atoms with Gasteiger partial charge in [-0.25, -0.2) is 0 Å². The Morgan fingerprint density at radius 3 is 2.43 bits per heavy atom. The summed E-state index contributed by atoms with van der Waals surface area (Å²) in [6, 6.07) is 5.04. The number of ether oxygens (including phenoxy) is 1. The highest BCUT2D eigenvalue weighted by atomic mass is 16.5. The van der Waals surface area contributed by atoms with Crippen molar-refractivity contribution in [3.63, 3.8) is 0 Å². The van der Waals surface area contributed by atoms with Gasteiger partial charge in [0.2, 0.25) is 0 Å². The average Bonchev–Trinajstić information content (AvgIpc) is 2.52. The third-order valence-corrected chi connectivity index (χ3v) is 4.08. The van der Waals surface area contributed by atoms with Gasteiger partial charge in [-0.15, -0.1) is 0 Å². The van der Waals surface area contributed by atoms with Gasteiger partial charge in [0, 0.05) is 12.5 Å². The van der Waals surface area contributed by atoms with Gasteiger partial charge < -0.3 is 9.84 Å². The normalized spacial score (nSPS) is 12.1. The first-order valence-corrected chi connectivity index (χ1v) is 9.11. The van der Waals surface area contributed by atoms with Crippen molar-refractivity contribution in [3.05, 3.63) is 23.8 Å². The van der Waals surface area contributed by atoms with E-state index in [1.54, 1.807) is 18.2 Å². The molecule has 0 aliphatic carbocycles. The molecule has 0 heterocycles. The number of Topliss-reactive ketones (excluding diaryl/α,β-unsaturated/α-hetero) is 1. The van der Waals surface area contributed by atoms with Gasteiger partial charge in [0.1, 0.15) is 11.5 Å². The number of hydrogen-bond donors (Lipinski definition) is 1. The zero-order valence-corrected chi connectivity index (χ0v) is 14.9. The third kappa shape index (κ3) is 7.54. The Kier molecular flexibility index (Phi) is 9.42. The lowest BCUT2D eigenvalue weighted by Crippen LogP contribution is -2.11. The van der Waals surface area contributed by atoms with E-state index in [9.17, 15) is 9.90 Å². The fraction of sp³-hybridized carbons (Fsp3) is 0.650. The van der Waals surface area contributed by atoms with E-state index in [1.807, 2.05) is 6.92 Å². The van der Waals surface area contributed by atoms with Gasteiger partial charge in [-0.1, -0.05) is 46.0 Å². The highest BCUT2D eigenvalue weighted by Crippen LogP contribution is 2.26. The molecule has 1 atom stereocenters. The molecule has 1 aromatic carbocycles. The van der Waals surface area contributed by atoms with Crippen LogP contribution >= 0.6 is 0 Å². The van der Waals surface area contributed by atoms with E-state index in [1.165, 1.54) is 19.3 Å². The molecular formula is C20H32O3. The van der Waals surface area contributed by atoms with Crippen LogP contribution in [0.25, 0.3) is 0 Å². The van der Waals surface area contributed by atoms with Gasteiger partial charge in [-0.2, -0.15) is 0 Å². The second-order valence-corrected chi connectivity index (χ2v) is 6.34. The number of aromatic hydroxyl groups is 1. The Morgan fingerprint density at radius 1 is 1.09 bits per heavy atom. The third-order valence-electron chi connectivity index (χ3n) is 4.08. The molecule has 23 heavy (non-hydrogen) atoms. The molecule has 1 aromatic rings. The zero-order valence-electron chi connectivity index (χ0n) is 14.9. The molecule has 0 amide bonds. The number of carbonyl (C=O) groups is 1. The van der Waals surface area contributed by atoms with Crippen molar-refractivity contribution < 1.29 is 14.6 Å². The molecule has 3 heteroatoms. The maximum atomic E-state index is 12.1. The lowest BCUT2D eigenvalue weighted by atomic mass is 10.0. The van der Waals surface area contributed by atoms with Crippen LogP contribution in [0.15, 0.2) is 18.2 Å². The van der Waals surface area contributed by atoms with E-state index in [-0.39, 0.29) is 17.6 Å². The van der Waals surface area contributed by atoms with Crippen molar-refractivity contribution in [2.75, 3.05) is 0 Å². The fourth-order valence-electron chi connectivity index (χ4n) is 2.64. The van der Waals surface area contributed by atoms with E-state index >= 15 is 0 Å². The number of ketones is 1. The average molecular weight is 320 g/mol. The van der Waals surface area contributed by atoms with Gasteiger partial charge in [0.05, 0.1) is 11.7 Å². The molecule has 0 spiro atoms. The predicted octanol–water partition coefficient (Wildman–Crippen LogP) is 5.89. The summed E-state index contributed by atoms with van der Waals surface area (Å²) in [5.41, 5.74) is 0.407. The molecule has 1 rings (SSSR count). The van der Waals surface area contributed by atoms with Crippen LogP contribution < -0.4 is 4.74 Å². The van der Waals surface area contributed by atoms with Gasteiger partial charge >= 0.3 is 0 Å². The Morgan fingerprint density at radius 2 is 1.78 bits per heavy atom. The van der Waals surface area contributed by atoms with Crippen LogP contribution in [0.5, 0.6) is 11.5 Å². The van der Waals surface area contributed by atoms with Crippen molar-refractivity contribution in [1.82, 2.24) is 0 Å². The van der Waals surface area contributed by atoms with E-state index in [0.29, 0.717) is 17.7 Å². The standard InChI is InChI=1S/C20H32O3/c1-4-6-8-10-11-16(3)23-17-13-14-18(20(22)15-17)19(21)12-9-7-5-2/h13-16,22H,4-12H2,1-3H3. The number of rotatable bonds is 12. The number of unbranched alkanes of at least 4 members (excludes halogenated alkanes) is 5. The largest absolute Gasteiger partial charge is 0.507 e. The van der Waals surface area contributed by atoms with Crippen LogP contribution in [0.2, 0.25) is 0 Å². The SMILES string of the molecule is CCCCCCC(C)Oc1ccc(C(=O)CCCCC)c(O)c1. The lowest BCUT2D eigenvalue weighted by Gasteiger charge is -2.15. The molecule has 0 fully saturated rings. The predicted molar refractivity (Wildman–Crippen MR) is 95.4 cm³/mol. The number of benzene rings is 1. The lowest BCUT2D eigenvalue weighted by molar-refractivity contribution is 0.0976. The zero-order chi connectivity index (χ0) is 17.1. The monoisotopic (exact) mass is 320 g/mol. The minimum absolute atomic E-state index is 0.00936. The molecule has 1 N–H and O–H groups in total. The van der Waals surface area contributed by atoms with Crippen molar-refractivity contribution >= 4 is 5.78 Å². The highest BCUT2D eigenvalue weighted by molar-refractivity contribution is 5.98. The summed E-state index contributed by atoms with van der Waals surface area (Å²) in [6.45, 7) is 6.36. The van der Waals surface area contributed by atoms with E-state index in [2.05, 4.69) is 13.8 Å². The van der Waals surface area contributed by atoms with Gasteiger partial charge in [0.25, 0.3) is 0 Å². The van der Waals surface area contributed by atoms with Crippen LogP contribution in [0, 0.1) is 0 Å². The number of hydrogen-bond acceptors (Lipinski definition) is 3. The van der Waals surface area contributed by atoms with Crippen molar-refractivity contribution in [2.45, 2.75) is 84.7 Å². The summed E-state index contributed by atoms with van der Waals surface area (Å²) >= 11 is 0. The van der Waals surface area contributed by atoms with Crippen LogP contribution in [-0.2, 0) is 0 Å². The summed E-state index contributed by atoms with van der Waals surface area (Å²) < 4.78 is 5.84. The second kappa shape index (κ2) is 11.1. The number of phenolic OH excluding ortho intramolecular Hbond substituents is 1. The molecule has 0 bridgehead atoms. The molecular weight excluding hydrogens is 288 g/mol. The quantitative estimate of drug-likeness (QED) is 0.385. The van der Waals surface area contributed by atoms with Gasteiger partial charge in [0.15, 0.2) is 5.78 Å². The minimum atomic E-state index is 0.00936. The van der Waals surface area contributed by atoms with Crippen LogP contribution in [0.4, 0.5) is 0 Å². The topological polar surface area (TPSA) is 46.5 Å². The smallest absolute Gasteiger partial charge is 0.166 e. The molecule has 0 radical (unpaired) electrons. The molecule has 0 aliphatic rings. The Hall–Kier alpha value is -1.51. The molecule has 3 nitrogen and oxygen atoms in total. The summed E-state index contributed by atoms with van der Waals surface area (Å²) in [4.78, 5) is 12.1. The molecule has 1 unspecified atom stereocenters. The summed E-state index contributed by atoms with van der Waals surface area (Å²) in [6.07, 6.45) is 9.54. The molecule has 0 aliphatic heterocycles. The van der Waals surface area contributed by atoms with Crippen molar-refractivity contribution in [2.24, 2.45) is 0 Å². The fourth-order valence-corrected chi connectivity index (χ4v) is 2.64. The van der Waals surface area contributed by atoms with E-state index in [0.717, 1.165) is 32.1 Å². The first kappa shape index (κ1) is 19.5. The summed E-state index contributed by atoms with van der Waals surface area (Å²) in [5, 5.41) is 10.1. The van der Waals surface area contributed by atoms with Crippen LogP contribution in [-0.4, -0.2) is 17.0 Å². The molecule has 130 valence electrons. The summed E-state index contributed by atoms with van der Waals surface area (Å²) in [7, 11) is 0. The van der Waals surface area contributed by atoms with Crippen molar-refractivity contribution in [1.29, 1.82) is 0 Å². The van der Waals surface area contributed by atoms with Gasteiger partial charge in [-0.05, 0) is 38.3 Å². The number of phenols is 1. The van der Waals surface area contributed by atoms with Gasteiger partial charge in [-0.3, -0.25) is 4.79 Å². The van der Waals surface area contributed by atoms with Crippen LogP contribution in [0.1, 0.15) is 88.9 Å². The first-order chi connectivity index (χ1) is 11.1. The minimum Gasteiger partial charge on any atom is -0.507 e. The molecule has 0 aromatic heterocycles. The molecule has 0 saturated carbocycles. The van der Waals surface area contributed by atoms with E-state index in [4.69, 9.17) is 4.74 Å². The van der Waals surface area contributed by atoms with Crippen molar-refractivity contribution in [3.8, 4) is 11.5 Å². The van der Waals surface area contributed by atoms with Crippen LogP contribution in [0.3, 0.4) is 0 Å².